The number of carbonyl (C=O) groups is 3. The van der Waals surface area contributed by atoms with Crippen LogP contribution < -0.4 is 10.6 Å². The van der Waals surface area contributed by atoms with Gasteiger partial charge in [-0.3, -0.25) is 14.4 Å². The summed E-state index contributed by atoms with van der Waals surface area (Å²) in [5.41, 5.74) is 1.77. The molecule has 6 heteroatoms. The molecule has 1 aromatic carbocycles. The first-order valence-corrected chi connectivity index (χ1v) is 8.15. The molecule has 0 bridgehead atoms. The Labute approximate surface area is 147 Å². The van der Waals surface area contributed by atoms with Gasteiger partial charge in [0.25, 0.3) is 0 Å². The van der Waals surface area contributed by atoms with Crippen LogP contribution >= 0.6 is 0 Å². The Kier molecular flexibility index (Phi) is 9.36. The van der Waals surface area contributed by atoms with E-state index in [1.165, 1.54) is 6.08 Å². The molecule has 1 aromatic rings. The Morgan fingerprint density at radius 1 is 1.16 bits per heavy atom. The van der Waals surface area contributed by atoms with Gasteiger partial charge in [-0.2, -0.15) is 0 Å². The molecule has 0 aliphatic carbocycles. The van der Waals surface area contributed by atoms with Crippen molar-refractivity contribution >= 4 is 23.9 Å². The zero-order valence-electron chi connectivity index (χ0n) is 14.3. The second kappa shape index (κ2) is 11.6. The number of hydrogen-bond donors (Lipinski definition) is 3. The zero-order chi connectivity index (χ0) is 18.5. The van der Waals surface area contributed by atoms with Crippen LogP contribution in [0, 0.1) is 0 Å². The topological polar surface area (TPSA) is 95.5 Å². The maximum atomic E-state index is 11.6. The first kappa shape index (κ1) is 20.2. The molecule has 0 aromatic heterocycles. The molecule has 1 rings (SSSR count). The van der Waals surface area contributed by atoms with Crippen molar-refractivity contribution in [3.8, 4) is 0 Å². The van der Waals surface area contributed by atoms with Crippen LogP contribution in [0.25, 0.3) is 6.08 Å². The highest BCUT2D eigenvalue weighted by Crippen LogP contribution is 2.07. The molecule has 0 saturated carbocycles. The minimum absolute atomic E-state index is 0.0101. The molecule has 0 aliphatic rings. The second-order valence-corrected chi connectivity index (χ2v) is 5.42. The number of allylic oxidation sites excluding steroid dienone is 1. The van der Waals surface area contributed by atoms with Crippen molar-refractivity contribution in [2.75, 3.05) is 6.54 Å². The van der Waals surface area contributed by atoms with Crippen LogP contribution in [0.3, 0.4) is 0 Å². The predicted octanol–water partition coefficient (Wildman–Crippen LogP) is 2.26. The van der Waals surface area contributed by atoms with Crippen LogP contribution in [0.15, 0.2) is 42.5 Å². The molecule has 0 saturated heterocycles. The summed E-state index contributed by atoms with van der Waals surface area (Å²) >= 11 is 0. The number of amides is 2. The number of aliphatic carboxylic acids is 1. The van der Waals surface area contributed by atoms with E-state index >= 15 is 0 Å². The van der Waals surface area contributed by atoms with E-state index in [-0.39, 0.29) is 24.7 Å². The molecular formula is C19H24N2O4. The standard InChI is InChI=1S/C19H24N2O4/c1-2-3-12-20-18(23)11-10-15-6-4-7-16(13-15)14-21-17(22)8-5-9-19(24)25/h2-4,6-7,10-11,13H,5,8-9,12,14H2,1H3,(H,20,23)(H,21,22)(H,24,25)/b3-2+,11-10+. The molecule has 134 valence electrons. The van der Waals surface area contributed by atoms with E-state index in [0.717, 1.165) is 11.1 Å². The highest BCUT2D eigenvalue weighted by Gasteiger charge is 2.04. The maximum Gasteiger partial charge on any atom is 0.303 e. The van der Waals surface area contributed by atoms with E-state index in [9.17, 15) is 14.4 Å². The number of benzene rings is 1. The van der Waals surface area contributed by atoms with Gasteiger partial charge in [-0.25, -0.2) is 0 Å². The van der Waals surface area contributed by atoms with Crippen LogP contribution in [0.2, 0.25) is 0 Å². The number of carboxylic acids is 1. The van der Waals surface area contributed by atoms with Gasteiger partial charge in [0.05, 0.1) is 0 Å². The molecule has 0 atom stereocenters. The summed E-state index contributed by atoms with van der Waals surface area (Å²) in [6.07, 6.45) is 7.40. The van der Waals surface area contributed by atoms with E-state index in [1.54, 1.807) is 6.08 Å². The number of nitrogens with one attached hydrogen (secondary N) is 2. The molecule has 0 unspecified atom stereocenters. The predicted molar refractivity (Wildman–Crippen MR) is 96.6 cm³/mol. The molecular weight excluding hydrogens is 320 g/mol. The van der Waals surface area contributed by atoms with E-state index < -0.39 is 5.97 Å². The number of hydrogen-bond acceptors (Lipinski definition) is 3. The van der Waals surface area contributed by atoms with E-state index in [4.69, 9.17) is 5.11 Å². The van der Waals surface area contributed by atoms with Crippen LogP contribution in [-0.2, 0) is 20.9 Å². The van der Waals surface area contributed by atoms with Gasteiger partial charge in [0.1, 0.15) is 0 Å². The molecule has 2 amide bonds. The first-order chi connectivity index (χ1) is 12.0. The smallest absolute Gasteiger partial charge is 0.303 e. The third kappa shape index (κ3) is 9.76. The molecule has 0 heterocycles. The number of carbonyl (C=O) groups excluding carboxylic acids is 2. The number of rotatable bonds is 10. The SMILES string of the molecule is C/C=C/CNC(=O)/C=C/c1cccc(CNC(=O)CCCC(=O)O)c1. The van der Waals surface area contributed by atoms with Crippen molar-refractivity contribution in [1.29, 1.82) is 0 Å². The summed E-state index contributed by atoms with van der Waals surface area (Å²) < 4.78 is 0. The summed E-state index contributed by atoms with van der Waals surface area (Å²) in [6.45, 7) is 2.74. The lowest BCUT2D eigenvalue weighted by atomic mass is 10.1. The summed E-state index contributed by atoms with van der Waals surface area (Å²) in [5, 5.41) is 14.0. The fourth-order valence-electron chi connectivity index (χ4n) is 2.00. The first-order valence-electron chi connectivity index (χ1n) is 8.15. The monoisotopic (exact) mass is 344 g/mol. The van der Waals surface area contributed by atoms with Crippen LogP contribution in [0.4, 0.5) is 0 Å². The summed E-state index contributed by atoms with van der Waals surface area (Å²) in [5.74, 6) is -1.25. The lowest BCUT2D eigenvalue weighted by Gasteiger charge is -2.06. The van der Waals surface area contributed by atoms with E-state index in [0.29, 0.717) is 19.5 Å². The van der Waals surface area contributed by atoms with Crippen molar-refractivity contribution < 1.29 is 19.5 Å². The maximum absolute atomic E-state index is 11.6. The molecule has 25 heavy (non-hydrogen) atoms. The molecule has 0 aliphatic heterocycles. The van der Waals surface area contributed by atoms with Crippen LogP contribution in [-0.4, -0.2) is 29.4 Å². The Balaban J connectivity index is 2.45. The van der Waals surface area contributed by atoms with Gasteiger partial charge < -0.3 is 15.7 Å². The van der Waals surface area contributed by atoms with Gasteiger partial charge in [0.15, 0.2) is 0 Å². The lowest BCUT2D eigenvalue weighted by molar-refractivity contribution is -0.137. The molecule has 6 nitrogen and oxygen atoms in total. The van der Waals surface area contributed by atoms with Gasteiger partial charge >= 0.3 is 5.97 Å². The average molecular weight is 344 g/mol. The largest absolute Gasteiger partial charge is 0.481 e. The quantitative estimate of drug-likeness (QED) is 0.448. The van der Waals surface area contributed by atoms with Crippen LogP contribution in [0.5, 0.6) is 0 Å². The summed E-state index contributed by atoms with van der Waals surface area (Å²) in [6, 6.07) is 7.48. The fraction of sp³-hybridized carbons (Fsp3) is 0.316. The van der Waals surface area contributed by atoms with Crippen LogP contribution in [0.1, 0.15) is 37.3 Å². The van der Waals surface area contributed by atoms with Crippen molar-refractivity contribution in [2.45, 2.75) is 32.7 Å². The normalized spacial score (nSPS) is 10.9. The van der Waals surface area contributed by atoms with Gasteiger partial charge in [-0.05, 0) is 36.6 Å². The Morgan fingerprint density at radius 2 is 1.96 bits per heavy atom. The molecule has 0 spiro atoms. The third-order valence-corrected chi connectivity index (χ3v) is 3.29. The van der Waals surface area contributed by atoms with Crippen molar-refractivity contribution in [2.24, 2.45) is 0 Å². The minimum atomic E-state index is -0.901. The highest BCUT2D eigenvalue weighted by molar-refractivity contribution is 5.91. The van der Waals surface area contributed by atoms with Crippen molar-refractivity contribution in [3.63, 3.8) is 0 Å². The third-order valence-electron chi connectivity index (χ3n) is 3.29. The van der Waals surface area contributed by atoms with Gasteiger partial charge in [0, 0.05) is 32.0 Å². The van der Waals surface area contributed by atoms with E-state index in [2.05, 4.69) is 10.6 Å². The van der Waals surface area contributed by atoms with Crippen molar-refractivity contribution in [1.82, 2.24) is 10.6 Å². The number of carboxylic acid groups (broad SMARTS) is 1. The Hall–Kier alpha value is -2.89. The van der Waals surface area contributed by atoms with Gasteiger partial charge in [0.2, 0.25) is 11.8 Å². The molecule has 0 radical (unpaired) electrons. The summed E-state index contributed by atoms with van der Waals surface area (Å²) in [4.78, 5) is 33.7. The average Bonchev–Trinajstić information content (AvgIpc) is 2.58. The fourth-order valence-corrected chi connectivity index (χ4v) is 2.00. The highest BCUT2D eigenvalue weighted by atomic mass is 16.4. The Morgan fingerprint density at radius 3 is 2.68 bits per heavy atom. The summed E-state index contributed by atoms with van der Waals surface area (Å²) in [7, 11) is 0. The second-order valence-electron chi connectivity index (χ2n) is 5.42. The lowest BCUT2D eigenvalue weighted by Crippen LogP contribution is -2.22. The van der Waals surface area contributed by atoms with E-state index in [1.807, 2.05) is 43.3 Å². The molecule has 3 N–H and O–H groups in total. The minimum Gasteiger partial charge on any atom is -0.481 e. The van der Waals surface area contributed by atoms with Gasteiger partial charge in [-0.1, -0.05) is 30.4 Å². The van der Waals surface area contributed by atoms with Crippen molar-refractivity contribution in [3.05, 3.63) is 53.6 Å². The Bertz CT molecular complexity index is 651. The molecule has 0 fully saturated rings. The van der Waals surface area contributed by atoms with Gasteiger partial charge in [-0.15, -0.1) is 0 Å². The zero-order valence-corrected chi connectivity index (χ0v) is 14.3.